The maximum Gasteiger partial charge on any atom is 0.257 e. The van der Waals surface area contributed by atoms with Gasteiger partial charge < -0.3 is 4.52 Å². The Kier molecular flexibility index (Phi) is 6.60. The summed E-state index contributed by atoms with van der Waals surface area (Å²) in [4.78, 5) is 13.9. The molecule has 0 saturated carbocycles. The first kappa shape index (κ1) is 22.4. The van der Waals surface area contributed by atoms with Crippen LogP contribution in [0.1, 0.15) is 34.5 Å². The molecule has 1 heterocycles. The molecule has 7 heteroatoms. The van der Waals surface area contributed by atoms with E-state index >= 15 is 0 Å². The Bertz CT molecular complexity index is 1280. The topological polar surface area (TPSA) is 58.4 Å². The van der Waals surface area contributed by atoms with Gasteiger partial charge in [-0.3, -0.25) is 15.0 Å². The van der Waals surface area contributed by atoms with E-state index in [0.717, 1.165) is 11.1 Å². The fourth-order valence-electron chi connectivity index (χ4n) is 3.41. The summed E-state index contributed by atoms with van der Waals surface area (Å²) >= 11 is 5.34. The SMILES string of the molecule is CC(c1ccc(-c2ccccc2)c(F)c1)c1cc(N(C)C(=S)NC(=O)c2ccccc2)on1. The first-order valence-electron chi connectivity index (χ1n) is 10.4. The number of nitrogens with one attached hydrogen (secondary N) is 1. The van der Waals surface area contributed by atoms with Crippen LogP contribution in [0.3, 0.4) is 0 Å². The molecule has 0 bridgehead atoms. The van der Waals surface area contributed by atoms with E-state index in [1.54, 1.807) is 43.4 Å². The number of hydrogen-bond donors (Lipinski definition) is 1. The molecule has 1 aromatic heterocycles. The number of aromatic nitrogens is 1. The van der Waals surface area contributed by atoms with Gasteiger partial charge in [0.25, 0.3) is 5.91 Å². The average molecular weight is 460 g/mol. The van der Waals surface area contributed by atoms with Crippen LogP contribution in [0.2, 0.25) is 0 Å². The zero-order chi connectivity index (χ0) is 23.4. The van der Waals surface area contributed by atoms with Crippen molar-refractivity contribution in [1.29, 1.82) is 0 Å². The third-order valence-corrected chi connectivity index (χ3v) is 5.81. The summed E-state index contributed by atoms with van der Waals surface area (Å²) in [7, 11) is 1.68. The Balaban J connectivity index is 1.47. The van der Waals surface area contributed by atoms with E-state index < -0.39 is 0 Å². The van der Waals surface area contributed by atoms with Gasteiger partial charge in [-0.05, 0) is 41.5 Å². The lowest BCUT2D eigenvalue weighted by molar-refractivity contribution is 0.0977. The minimum atomic E-state index is -0.311. The predicted molar refractivity (Wildman–Crippen MR) is 131 cm³/mol. The van der Waals surface area contributed by atoms with E-state index in [2.05, 4.69) is 10.5 Å². The Labute approximate surface area is 196 Å². The summed E-state index contributed by atoms with van der Waals surface area (Å²) in [5.41, 5.74) is 3.27. The number of thiocarbonyl (C=S) groups is 1. The van der Waals surface area contributed by atoms with Crippen LogP contribution < -0.4 is 10.2 Å². The highest BCUT2D eigenvalue weighted by molar-refractivity contribution is 7.80. The minimum Gasteiger partial charge on any atom is -0.338 e. The number of halogens is 1. The first-order valence-corrected chi connectivity index (χ1v) is 10.8. The van der Waals surface area contributed by atoms with Crippen molar-refractivity contribution in [3.8, 4) is 11.1 Å². The second kappa shape index (κ2) is 9.75. The number of amides is 1. The number of hydrogen-bond acceptors (Lipinski definition) is 4. The number of carbonyl (C=O) groups is 1. The smallest absolute Gasteiger partial charge is 0.257 e. The number of carbonyl (C=O) groups excluding carboxylic acids is 1. The molecule has 33 heavy (non-hydrogen) atoms. The predicted octanol–water partition coefficient (Wildman–Crippen LogP) is 5.78. The molecule has 0 fully saturated rings. The van der Waals surface area contributed by atoms with Crippen molar-refractivity contribution in [2.24, 2.45) is 0 Å². The molecule has 1 amide bonds. The van der Waals surface area contributed by atoms with Gasteiger partial charge in [-0.25, -0.2) is 4.39 Å². The fourth-order valence-corrected chi connectivity index (χ4v) is 3.59. The van der Waals surface area contributed by atoms with Crippen LogP contribution in [0.4, 0.5) is 10.3 Å². The lowest BCUT2D eigenvalue weighted by Gasteiger charge is -2.16. The molecular formula is C26H22FN3O2S. The zero-order valence-corrected chi connectivity index (χ0v) is 19.0. The van der Waals surface area contributed by atoms with Gasteiger partial charge >= 0.3 is 0 Å². The van der Waals surface area contributed by atoms with Crippen LogP contribution >= 0.6 is 12.2 Å². The summed E-state index contributed by atoms with van der Waals surface area (Å²) in [6.45, 7) is 1.92. The van der Waals surface area contributed by atoms with Crippen molar-refractivity contribution in [2.75, 3.05) is 11.9 Å². The highest BCUT2D eigenvalue weighted by Crippen LogP contribution is 2.30. The molecule has 3 aromatic carbocycles. The third-order valence-electron chi connectivity index (χ3n) is 5.43. The highest BCUT2D eigenvalue weighted by Gasteiger charge is 2.20. The van der Waals surface area contributed by atoms with Gasteiger partial charge in [-0.1, -0.05) is 72.7 Å². The molecule has 1 atom stereocenters. The van der Waals surface area contributed by atoms with E-state index in [-0.39, 0.29) is 22.8 Å². The van der Waals surface area contributed by atoms with Gasteiger partial charge in [0, 0.05) is 30.2 Å². The summed E-state index contributed by atoms with van der Waals surface area (Å²) in [5.74, 6) is -0.440. The normalized spacial score (nSPS) is 11.6. The Morgan fingerprint density at radius 1 is 1.03 bits per heavy atom. The average Bonchev–Trinajstić information content (AvgIpc) is 3.34. The third kappa shape index (κ3) is 4.99. The molecule has 0 aliphatic carbocycles. The van der Waals surface area contributed by atoms with Crippen LogP contribution in [0.25, 0.3) is 11.1 Å². The lowest BCUT2D eigenvalue weighted by Crippen LogP contribution is -2.40. The molecule has 0 aliphatic rings. The summed E-state index contributed by atoms with van der Waals surface area (Å²) in [6, 6.07) is 25.1. The van der Waals surface area contributed by atoms with Crippen molar-refractivity contribution in [3.63, 3.8) is 0 Å². The van der Waals surface area contributed by atoms with Crippen molar-refractivity contribution >= 4 is 29.1 Å². The molecule has 5 nitrogen and oxygen atoms in total. The minimum absolute atomic E-state index is 0.178. The summed E-state index contributed by atoms with van der Waals surface area (Å²) in [5, 5.41) is 6.99. The quantitative estimate of drug-likeness (QED) is 0.383. The number of nitrogens with zero attached hydrogens (tertiary/aromatic N) is 2. The van der Waals surface area contributed by atoms with E-state index in [4.69, 9.17) is 16.7 Å². The van der Waals surface area contributed by atoms with Gasteiger partial charge in [0.1, 0.15) is 5.82 Å². The Morgan fingerprint density at radius 3 is 2.36 bits per heavy atom. The number of rotatable bonds is 5. The molecule has 1 N–H and O–H groups in total. The molecule has 0 radical (unpaired) electrons. The van der Waals surface area contributed by atoms with Gasteiger partial charge in [0.05, 0.1) is 5.69 Å². The number of anilines is 1. The van der Waals surface area contributed by atoms with Crippen molar-refractivity contribution in [1.82, 2.24) is 10.5 Å². The summed E-state index contributed by atoms with van der Waals surface area (Å²) < 4.78 is 20.2. The van der Waals surface area contributed by atoms with Crippen molar-refractivity contribution in [3.05, 3.63) is 108 Å². The molecule has 0 spiro atoms. The standard InChI is InChI=1S/C26H22FN3O2S/c1-17(20-13-14-21(22(27)15-20)18-9-5-3-6-10-18)23-16-24(32-29-23)30(2)26(33)28-25(31)19-11-7-4-8-12-19/h3-17H,1-2H3,(H,28,31,33). The molecule has 4 rings (SSSR count). The summed E-state index contributed by atoms with van der Waals surface area (Å²) in [6.07, 6.45) is 0. The zero-order valence-electron chi connectivity index (χ0n) is 18.2. The largest absolute Gasteiger partial charge is 0.338 e. The Hall–Kier alpha value is -3.84. The Morgan fingerprint density at radius 2 is 1.70 bits per heavy atom. The molecular weight excluding hydrogens is 437 g/mol. The monoisotopic (exact) mass is 459 g/mol. The molecule has 166 valence electrons. The van der Waals surface area contributed by atoms with Crippen molar-refractivity contribution < 1.29 is 13.7 Å². The molecule has 4 aromatic rings. The maximum absolute atomic E-state index is 14.8. The van der Waals surface area contributed by atoms with Gasteiger partial charge in [0.2, 0.25) is 5.88 Å². The van der Waals surface area contributed by atoms with Crippen LogP contribution in [0.15, 0.2) is 89.5 Å². The second-order valence-corrected chi connectivity index (χ2v) is 7.99. The fraction of sp³-hybridized carbons (Fsp3) is 0.115. The lowest BCUT2D eigenvalue weighted by atomic mass is 9.95. The molecule has 0 aliphatic heterocycles. The van der Waals surface area contributed by atoms with Crippen LogP contribution in [0, 0.1) is 5.82 Å². The van der Waals surface area contributed by atoms with E-state index in [9.17, 15) is 9.18 Å². The van der Waals surface area contributed by atoms with Crippen LogP contribution in [-0.4, -0.2) is 23.2 Å². The van der Waals surface area contributed by atoms with Crippen molar-refractivity contribution in [2.45, 2.75) is 12.8 Å². The molecule has 1 unspecified atom stereocenters. The second-order valence-electron chi connectivity index (χ2n) is 7.60. The highest BCUT2D eigenvalue weighted by atomic mass is 32.1. The maximum atomic E-state index is 14.8. The van der Waals surface area contributed by atoms with Gasteiger partial charge in [-0.2, -0.15) is 0 Å². The van der Waals surface area contributed by atoms with Gasteiger partial charge in [0.15, 0.2) is 5.11 Å². The van der Waals surface area contributed by atoms with E-state index in [1.807, 2.05) is 49.4 Å². The van der Waals surface area contributed by atoms with Gasteiger partial charge in [-0.15, -0.1) is 0 Å². The van der Waals surface area contributed by atoms with E-state index in [1.165, 1.54) is 11.0 Å². The van der Waals surface area contributed by atoms with Crippen LogP contribution in [0.5, 0.6) is 0 Å². The first-order chi connectivity index (χ1) is 15.9. The molecule has 0 saturated heterocycles. The van der Waals surface area contributed by atoms with Crippen LogP contribution in [-0.2, 0) is 0 Å². The number of benzene rings is 3. The van der Waals surface area contributed by atoms with E-state index in [0.29, 0.717) is 22.7 Å².